The largest absolute Gasteiger partial charge is 0.324 e. The van der Waals surface area contributed by atoms with Gasteiger partial charge in [-0.2, -0.15) is 4.31 Å². The van der Waals surface area contributed by atoms with Crippen LogP contribution in [-0.2, 0) is 14.8 Å². The summed E-state index contributed by atoms with van der Waals surface area (Å²) in [4.78, 5) is 12.7. The quantitative estimate of drug-likeness (QED) is 0.853. The van der Waals surface area contributed by atoms with Gasteiger partial charge in [0.05, 0.1) is 16.3 Å². The summed E-state index contributed by atoms with van der Waals surface area (Å²) in [5.41, 5.74) is 0.986. The monoisotopic (exact) mass is 386 g/mol. The molecule has 0 spiro atoms. The number of nitrogens with one attached hydrogen (secondary N) is 1. The number of rotatable bonds is 5. The van der Waals surface area contributed by atoms with Crippen molar-refractivity contribution in [3.63, 3.8) is 0 Å². The van der Waals surface area contributed by atoms with Crippen LogP contribution >= 0.6 is 23.2 Å². The Labute approximate surface area is 151 Å². The molecule has 0 saturated heterocycles. The highest BCUT2D eigenvalue weighted by Gasteiger charge is 2.30. The van der Waals surface area contributed by atoms with Gasteiger partial charge in [0, 0.05) is 12.7 Å². The molecular weight excluding hydrogens is 371 g/mol. The van der Waals surface area contributed by atoms with Crippen LogP contribution in [0.3, 0.4) is 0 Å². The maximum Gasteiger partial charge on any atom is 0.247 e. The summed E-state index contributed by atoms with van der Waals surface area (Å²) in [5, 5.41) is 3.33. The zero-order valence-electron chi connectivity index (χ0n) is 13.0. The first-order chi connectivity index (χ1) is 11.2. The molecule has 0 saturated carbocycles. The van der Waals surface area contributed by atoms with Gasteiger partial charge in [-0.3, -0.25) is 4.79 Å². The highest BCUT2D eigenvalue weighted by Crippen LogP contribution is 2.27. The summed E-state index contributed by atoms with van der Waals surface area (Å²) in [6.45, 7) is 0. The maximum atomic E-state index is 12.7. The van der Waals surface area contributed by atoms with Crippen molar-refractivity contribution in [2.45, 2.75) is 6.04 Å². The normalized spacial score (nSPS) is 12.9. The number of halogens is 2. The van der Waals surface area contributed by atoms with Crippen LogP contribution in [0.4, 0.5) is 5.69 Å². The molecule has 0 radical (unpaired) electrons. The number of nitrogens with zero attached hydrogens (tertiary/aromatic N) is 1. The van der Waals surface area contributed by atoms with E-state index < -0.39 is 22.0 Å². The maximum absolute atomic E-state index is 12.7. The third-order valence-corrected chi connectivity index (χ3v) is 5.43. The molecule has 0 aliphatic heterocycles. The van der Waals surface area contributed by atoms with Crippen molar-refractivity contribution < 1.29 is 13.2 Å². The lowest BCUT2D eigenvalue weighted by atomic mass is 10.1. The fraction of sp³-hybridized carbons (Fsp3) is 0.188. The molecule has 0 bridgehead atoms. The van der Waals surface area contributed by atoms with Gasteiger partial charge in [-0.25, -0.2) is 8.42 Å². The second-order valence-electron chi connectivity index (χ2n) is 5.21. The van der Waals surface area contributed by atoms with Crippen molar-refractivity contribution in [2.75, 3.05) is 18.6 Å². The summed E-state index contributed by atoms with van der Waals surface area (Å²) >= 11 is 11.8. The van der Waals surface area contributed by atoms with Gasteiger partial charge in [-0.15, -0.1) is 0 Å². The van der Waals surface area contributed by atoms with E-state index in [2.05, 4.69) is 5.32 Å². The molecule has 1 N–H and O–H groups in total. The van der Waals surface area contributed by atoms with E-state index in [1.165, 1.54) is 13.1 Å². The van der Waals surface area contributed by atoms with Gasteiger partial charge in [0.25, 0.3) is 0 Å². The van der Waals surface area contributed by atoms with Gasteiger partial charge in [0.2, 0.25) is 15.9 Å². The average Bonchev–Trinajstić information content (AvgIpc) is 2.51. The van der Waals surface area contributed by atoms with Gasteiger partial charge < -0.3 is 5.32 Å². The molecule has 2 rings (SSSR count). The standard InChI is InChI=1S/C16H16Cl2N2O3S/c1-20(24(2,22)23)15(11-6-4-3-5-7-11)16(21)19-12-8-9-13(17)14(18)10-12/h3-10,15H,1-2H3,(H,19,21). The zero-order chi connectivity index (χ0) is 17.9. The smallest absolute Gasteiger partial charge is 0.247 e. The van der Waals surface area contributed by atoms with Crippen molar-refractivity contribution >= 4 is 44.8 Å². The Morgan fingerprint density at radius 3 is 2.25 bits per heavy atom. The Balaban J connectivity index is 2.36. The minimum absolute atomic E-state index is 0.294. The third kappa shape index (κ3) is 4.48. The van der Waals surface area contributed by atoms with Crippen molar-refractivity contribution in [2.24, 2.45) is 0 Å². The summed E-state index contributed by atoms with van der Waals surface area (Å²) in [5.74, 6) is -0.493. The lowest BCUT2D eigenvalue weighted by Crippen LogP contribution is -2.38. The van der Waals surface area contributed by atoms with E-state index in [-0.39, 0.29) is 0 Å². The Morgan fingerprint density at radius 2 is 1.71 bits per heavy atom. The lowest BCUT2D eigenvalue weighted by Gasteiger charge is -2.25. The van der Waals surface area contributed by atoms with Crippen LogP contribution in [0.15, 0.2) is 48.5 Å². The molecule has 24 heavy (non-hydrogen) atoms. The Morgan fingerprint density at radius 1 is 1.08 bits per heavy atom. The second-order valence-corrected chi connectivity index (χ2v) is 8.07. The van der Waals surface area contributed by atoms with Gasteiger partial charge in [-0.1, -0.05) is 53.5 Å². The molecule has 1 amide bonds. The molecule has 1 atom stereocenters. The van der Waals surface area contributed by atoms with Crippen LogP contribution in [0.1, 0.15) is 11.6 Å². The molecular formula is C16H16Cl2N2O3S. The summed E-state index contributed by atoms with van der Waals surface area (Å²) in [6.07, 6.45) is 1.05. The van der Waals surface area contributed by atoms with Crippen LogP contribution in [0.5, 0.6) is 0 Å². The lowest BCUT2D eigenvalue weighted by molar-refractivity contribution is -0.119. The third-order valence-electron chi connectivity index (χ3n) is 3.44. The van der Waals surface area contributed by atoms with Crippen molar-refractivity contribution in [1.29, 1.82) is 0 Å². The first-order valence-electron chi connectivity index (χ1n) is 6.94. The summed E-state index contributed by atoms with van der Waals surface area (Å²) in [7, 11) is -2.21. The minimum Gasteiger partial charge on any atom is -0.324 e. The van der Waals surface area contributed by atoms with E-state index in [0.717, 1.165) is 10.6 Å². The van der Waals surface area contributed by atoms with Gasteiger partial charge in [-0.05, 0) is 23.8 Å². The summed E-state index contributed by atoms with van der Waals surface area (Å²) in [6, 6.07) is 12.3. The molecule has 0 aliphatic carbocycles. The predicted octanol–water partition coefficient (Wildman–Crippen LogP) is 3.56. The number of benzene rings is 2. The molecule has 5 nitrogen and oxygen atoms in total. The molecule has 0 fully saturated rings. The van der Waals surface area contributed by atoms with E-state index in [4.69, 9.17) is 23.2 Å². The van der Waals surface area contributed by atoms with Crippen molar-refractivity contribution in [1.82, 2.24) is 4.31 Å². The number of hydrogen-bond donors (Lipinski definition) is 1. The molecule has 2 aromatic rings. The number of hydrogen-bond acceptors (Lipinski definition) is 3. The van der Waals surface area contributed by atoms with Gasteiger partial charge in [0.1, 0.15) is 6.04 Å². The van der Waals surface area contributed by atoms with E-state index in [9.17, 15) is 13.2 Å². The van der Waals surface area contributed by atoms with Gasteiger partial charge in [0.15, 0.2) is 0 Å². The molecule has 2 aromatic carbocycles. The van der Waals surface area contributed by atoms with Crippen LogP contribution in [0.2, 0.25) is 10.0 Å². The highest BCUT2D eigenvalue weighted by atomic mass is 35.5. The van der Waals surface area contributed by atoms with E-state index >= 15 is 0 Å². The SMILES string of the molecule is CN(C(C(=O)Nc1ccc(Cl)c(Cl)c1)c1ccccc1)S(C)(=O)=O. The predicted molar refractivity (Wildman–Crippen MR) is 96.9 cm³/mol. The zero-order valence-corrected chi connectivity index (χ0v) is 15.4. The topological polar surface area (TPSA) is 66.5 Å². The first-order valence-corrected chi connectivity index (χ1v) is 9.54. The summed E-state index contributed by atoms with van der Waals surface area (Å²) < 4.78 is 24.8. The molecule has 8 heteroatoms. The number of sulfonamides is 1. The molecule has 0 aromatic heterocycles. The number of likely N-dealkylation sites (N-methyl/N-ethyl adjacent to an activating group) is 1. The highest BCUT2D eigenvalue weighted by molar-refractivity contribution is 7.88. The van der Waals surface area contributed by atoms with Crippen LogP contribution < -0.4 is 5.32 Å². The average molecular weight is 387 g/mol. The van der Waals surface area contributed by atoms with Crippen LogP contribution in [-0.4, -0.2) is 31.9 Å². The van der Waals surface area contributed by atoms with E-state index in [0.29, 0.717) is 21.3 Å². The molecule has 128 valence electrons. The van der Waals surface area contributed by atoms with Crippen molar-refractivity contribution in [3.8, 4) is 0 Å². The minimum atomic E-state index is -3.58. The Kier molecular flexibility index (Phi) is 5.87. The Bertz CT molecular complexity index is 842. The number of carbonyl (C=O) groups is 1. The van der Waals surface area contributed by atoms with Crippen LogP contribution in [0.25, 0.3) is 0 Å². The molecule has 0 aliphatic rings. The van der Waals surface area contributed by atoms with E-state index in [1.807, 2.05) is 0 Å². The number of amides is 1. The van der Waals surface area contributed by atoms with Gasteiger partial charge >= 0.3 is 0 Å². The number of anilines is 1. The van der Waals surface area contributed by atoms with Crippen LogP contribution in [0, 0.1) is 0 Å². The fourth-order valence-electron chi connectivity index (χ4n) is 2.14. The van der Waals surface area contributed by atoms with Crippen molar-refractivity contribution in [3.05, 3.63) is 64.1 Å². The Hall–Kier alpha value is -1.60. The molecule has 0 heterocycles. The van der Waals surface area contributed by atoms with E-state index in [1.54, 1.807) is 42.5 Å². The second kappa shape index (κ2) is 7.53. The molecule has 1 unspecified atom stereocenters. The fourth-order valence-corrected chi connectivity index (χ4v) is 3.04. The number of carbonyl (C=O) groups excluding carboxylic acids is 1. The first kappa shape index (κ1) is 18.7.